The van der Waals surface area contributed by atoms with Crippen LogP contribution in [-0.4, -0.2) is 20.1 Å². The molecular weight excluding hydrogens is 276 g/mol. The molecule has 21 heavy (non-hydrogen) atoms. The van der Waals surface area contributed by atoms with Crippen molar-refractivity contribution in [1.29, 1.82) is 0 Å². The normalized spacial score (nSPS) is 12.3. The van der Waals surface area contributed by atoms with Crippen LogP contribution in [0.15, 0.2) is 54.7 Å². The Morgan fingerprint density at radius 1 is 1.05 bits per heavy atom. The van der Waals surface area contributed by atoms with Crippen LogP contribution in [0.1, 0.15) is 17.4 Å². The van der Waals surface area contributed by atoms with Crippen molar-refractivity contribution in [2.24, 2.45) is 0 Å². The molecule has 0 spiro atoms. The summed E-state index contributed by atoms with van der Waals surface area (Å²) in [6.45, 7) is 0. The SMILES string of the molecule is OC(c1cc(F)ccc1F)c1cnnn1-c1ccccc1. The van der Waals surface area contributed by atoms with E-state index in [1.165, 1.54) is 10.9 Å². The lowest BCUT2D eigenvalue weighted by Gasteiger charge is -2.13. The Morgan fingerprint density at radius 3 is 2.57 bits per heavy atom. The molecule has 1 unspecified atom stereocenters. The van der Waals surface area contributed by atoms with Gasteiger partial charge in [0.15, 0.2) is 0 Å². The number of hydrogen-bond donors (Lipinski definition) is 1. The zero-order valence-corrected chi connectivity index (χ0v) is 10.8. The summed E-state index contributed by atoms with van der Waals surface area (Å²) in [5, 5.41) is 17.9. The van der Waals surface area contributed by atoms with Gasteiger partial charge in [0, 0.05) is 5.56 Å². The van der Waals surface area contributed by atoms with Gasteiger partial charge in [0.05, 0.1) is 17.6 Å². The van der Waals surface area contributed by atoms with Gasteiger partial charge < -0.3 is 5.11 Å². The van der Waals surface area contributed by atoms with E-state index in [4.69, 9.17) is 0 Å². The van der Waals surface area contributed by atoms with Crippen LogP contribution in [-0.2, 0) is 0 Å². The molecule has 6 heteroatoms. The lowest BCUT2D eigenvalue weighted by molar-refractivity contribution is 0.206. The van der Waals surface area contributed by atoms with Gasteiger partial charge >= 0.3 is 0 Å². The topological polar surface area (TPSA) is 50.9 Å². The summed E-state index contributed by atoms with van der Waals surface area (Å²) in [5.74, 6) is -1.31. The first-order chi connectivity index (χ1) is 10.2. The molecule has 106 valence electrons. The quantitative estimate of drug-likeness (QED) is 0.805. The minimum absolute atomic E-state index is 0.158. The molecule has 1 heterocycles. The zero-order valence-electron chi connectivity index (χ0n) is 10.8. The van der Waals surface area contributed by atoms with Crippen LogP contribution in [0.4, 0.5) is 8.78 Å². The average molecular weight is 287 g/mol. The standard InChI is InChI=1S/C15H11F2N3O/c16-10-6-7-13(17)12(8-10)15(21)14-9-18-19-20(14)11-4-2-1-3-5-11/h1-9,15,21H. The monoisotopic (exact) mass is 287 g/mol. The zero-order chi connectivity index (χ0) is 14.8. The van der Waals surface area contributed by atoms with Crippen molar-refractivity contribution in [3.63, 3.8) is 0 Å². The van der Waals surface area contributed by atoms with Gasteiger partial charge in [0.25, 0.3) is 0 Å². The van der Waals surface area contributed by atoms with Crippen LogP contribution in [0.5, 0.6) is 0 Å². The van der Waals surface area contributed by atoms with Crippen LogP contribution >= 0.6 is 0 Å². The molecule has 0 aliphatic heterocycles. The summed E-state index contributed by atoms with van der Waals surface area (Å²) in [7, 11) is 0. The molecule has 2 aromatic carbocycles. The maximum absolute atomic E-state index is 13.8. The van der Waals surface area contributed by atoms with E-state index in [2.05, 4.69) is 10.3 Å². The molecule has 1 N–H and O–H groups in total. The van der Waals surface area contributed by atoms with E-state index in [9.17, 15) is 13.9 Å². The number of halogens is 2. The number of rotatable bonds is 3. The van der Waals surface area contributed by atoms with Crippen molar-refractivity contribution in [2.75, 3.05) is 0 Å². The van der Waals surface area contributed by atoms with Gasteiger partial charge in [-0.3, -0.25) is 0 Å². The van der Waals surface area contributed by atoms with Crippen LogP contribution < -0.4 is 0 Å². The first kappa shape index (κ1) is 13.4. The van der Waals surface area contributed by atoms with Crippen molar-refractivity contribution in [2.45, 2.75) is 6.10 Å². The second-order valence-electron chi connectivity index (χ2n) is 4.47. The smallest absolute Gasteiger partial charge is 0.129 e. The van der Waals surface area contributed by atoms with Crippen molar-refractivity contribution in [3.8, 4) is 5.69 Å². The second kappa shape index (κ2) is 5.41. The molecule has 0 saturated carbocycles. The number of para-hydroxylation sites is 1. The fraction of sp³-hybridized carbons (Fsp3) is 0.0667. The van der Waals surface area contributed by atoms with E-state index >= 15 is 0 Å². The largest absolute Gasteiger partial charge is 0.382 e. The molecule has 4 nitrogen and oxygen atoms in total. The van der Waals surface area contributed by atoms with Crippen molar-refractivity contribution in [1.82, 2.24) is 15.0 Å². The number of nitrogens with zero attached hydrogens (tertiary/aromatic N) is 3. The number of aliphatic hydroxyl groups excluding tert-OH is 1. The maximum atomic E-state index is 13.8. The molecular formula is C15H11F2N3O. The minimum atomic E-state index is -1.36. The lowest BCUT2D eigenvalue weighted by atomic mass is 10.1. The van der Waals surface area contributed by atoms with E-state index in [1.807, 2.05) is 6.07 Å². The van der Waals surface area contributed by atoms with Crippen LogP contribution in [0.2, 0.25) is 0 Å². The molecule has 0 fully saturated rings. The van der Waals surface area contributed by atoms with E-state index in [-0.39, 0.29) is 11.3 Å². The summed E-state index contributed by atoms with van der Waals surface area (Å²) in [6, 6.07) is 11.9. The number of aromatic nitrogens is 3. The minimum Gasteiger partial charge on any atom is -0.382 e. The van der Waals surface area contributed by atoms with Gasteiger partial charge in [-0.1, -0.05) is 23.4 Å². The van der Waals surface area contributed by atoms with Gasteiger partial charge in [-0.25, -0.2) is 13.5 Å². The Morgan fingerprint density at radius 2 is 1.81 bits per heavy atom. The second-order valence-corrected chi connectivity index (χ2v) is 4.47. The predicted molar refractivity (Wildman–Crippen MR) is 71.8 cm³/mol. The molecule has 3 aromatic rings. The van der Waals surface area contributed by atoms with E-state index in [1.54, 1.807) is 24.3 Å². The maximum Gasteiger partial charge on any atom is 0.129 e. The van der Waals surface area contributed by atoms with Gasteiger partial charge in [-0.2, -0.15) is 0 Å². The Bertz CT molecular complexity index is 759. The summed E-state index contributed by atoms with van der Waals surface area (Å²) in [4.78, 5) is 0. The first-order valence-corrected chi connectivity index (χ1v) is 6.26. The summed E-state index contributed by atoms with van der Waals surface area (Å²) >= 11 is 0. The molecule has 3 rings (SSSR count). The first-order valence-electron chi connectivity index (χ1n) is 6.26. The Balaban J connectivity index is 2.06. The third-order valence-electron chi connectivity index (χ3n) is 3.11. The summed E-state index contributed by atoms with van der Waals surface area (Å²) < 4.78 is 28.4. The molecule has 0 bridgehead atoms. The van der Waals surface area contributed by atoms with Gasteiger partial charge in [-0.05, 0) is 30.3 Å². The van der Waals surface area contributed by atoms with Crippen LogP contribution in [0.25, 0.3) is 5.69 Å². The number of benzene rings is 2. The Labute approximate surface area is 119 Å². The summed E-state index contributed by atoms with van der Waals surface area (Å²) in [5.41, 5.74) is 0.765. The van der Waals surface area contributed by atoms with E-state index in [0.29, 0.717) is 5.69 Å². The molecule has 1 aromatic heterocycles. The predicted octanol–water partition coefficient (Wildman–Crippen LogP) is 2.63. The van der Waals surface area contributed by atoms with Crippen molar-refractivity contribution in [3.05, 3.63) is 77.6 Å². The highest BCUT2D eigenvalue weighted by Crippen LogP contribution is 2.25. The van der Waals surface area contributed by atoms with Crippen LogP contribution in [0.3, 0.4) is 0 Å². The van der Waals surface area contributed by atoms with Gasteiger partial charge in [-0.15, -0.1) is 5.10 Å². The van der Waals surface area contributed by atoms with Crippen molar-refractivity contribution < 1.29 is 13.9 Å². The fourth-order valence-electron chi connectivity index (χ4n) is 2.08. The fourth-order valence-corrected chi connectivity index (χ4v) is 2.08. The molecule has 1 atom stereocenters. The van der Waals surface area contributed by atoms with E-state index in [0.717, 1.165) is 18.2 Å². The molecule has 0 aliphatic carbocycles. The van der Waals surface area contributed by atoms with Crippen molar-refractivity contribution >= 4 is 0 Å². The average Bonchev–Trinajstić information content (AvgIpc) is 2.99. The highest BCUT2D eigenvalue weighted by molar-refractivity contribution is 5.35. The third kappa shape index (κ3) is 2.53. The van der Waals surface area contributed by atoms with Crippen LogP contribution in [0, 0.1) is 11.6 Å². The number of aliphatic hydroxyl groups is 1. The molecule has 0 radical (unpaired) electrons. The molecule has 0 amide bonds. The molecule has 0 aliphatic rings. The highest BCUT2D eigenvalue weighted by atomic mass is 19.1. The Hall–Kier alpha value is -2.60. The highest BCUT2D eigenvalue weighted by Gasteiger charge is 2.21. The van der Waals surface area contributed by atoms with Gasteiger partial charge in [0.2, 0.25) is 0 Å². The lowest BCUT2D eigenvalue weighted by Crippen LogP contribution is -2.10. The Kier molecular flexibility index (Phi) is 3.45. The summed E-state index contributed by atoms with van der Waals surface area (Å²) in [6.07, 6.45) is -0.0435. The van der Waals surface area contributed by atoms with E-state index < -0.39 is 17.7 Å². The molecule has 0 saturated heterocycles. The number of hydrogen-bond acceptors (Lipinski definition) is 3. The third-order valence-corrected chi connectivity index (χ3v) is 3.11. The van der Waals surface area contributed by atoms with Gasteiger partial charge in [0.1, 0.15) is 17.7 Å².